The first-order valence-corrected chi connectivity index (χ1v) is 11.2. The molecule has 0 aromatic heterocycles. The van der Waals surface area contributed by atoms with Crippen LogP contribution in [0.3, 0.4) is 0 Å². The van der Waals surface area contributed by atoms with E-state index < -0.39 is 12.1 Å². The number of hydrogen-bond donors (Lipinski definition) is 3. The molecule has 0 radical (unpaired) electrons. The topological polar surface area (TPSA) is 77.8 Å². The minimum Gasteiger partial charge on any atom is -0.481 e. The van der Waals surface area contributed by atoms with Gasteiger partial charge in [-0.25, -0.2) is 0 Å². The number of carboxylic acids is 1. The van der Waals surface area contributed by atoms with Crippen molar-refractivity contribution in [2.75, 3.05) is 0 Å². The van der Waals surface area contributed by atoms with Gasteiger partial charge in [0.1, 0.15) is 0 Å². The van der Waals surface area contributed by atoms with Crippen LogP contribution in [0, 0.1) is 0 Å². The third kappa shape index (κ3) is 16.0. The van der Waals surface area contributed by atoms with Crippen LogP contribution in [0.1, 0.15) is 58.3 Å². The van der Waals surface area contributed by atoms with Gasteiger partial charge < -0.3 is 15.3 Å². The summed E-state index contributed by atoms with van der Waals surface area (Å²) in [5, 5.41) is 28.2. The molecule has 0 saturated heterocycles. The maximum atomic E-state index is 10.4. The molecule has 0 aliphatic heterocycles. The van der Waals surface area contributed by atoms with E-state index in [2.05, 4.69) is 52.1 Å². The van der Waals surface area contributed by atoms with Crippen molar-refractivity contribution in [1.29, 1.82) is 0 Å². The van der Waals surface area contributed by atoms with E-state index in [0.717, 1.165) is 20.0 Å². The molecule has 148 valence electrons. The molecule has 2 atom stereocenters. The normalized spacial score (nSPS) is 15.7. The third-order valence-electron chi connectivity index (χ3n) is 3.62. The highest BCUT2D eigenvalue weighted by Crippen LogP contribution is 2.22. The lowest BCUT2D eigenvalue weighted by Gasteiger charge is -2.06. The van der Waals surface area contributed by atoms with Crippen molar-refractivity contribution in [3.63, 3.8) is 0 Å². The Balaban J connectivity index is 4.24. The van der Waals surface area contributed by atoms with Crippen LogP contribution in [0.2, 0.25) is 0 Å². The largest absolute Gasteiger partial charge is 0.481 e. The molecule has 0 aliphatic rings. The fourth-order valence-corrected chi connectivity index (χ4v) is 2.89. The predicted molar refractivity (Wildman–Crippen MR) is 125 cm³/mol. The standard InChI is InChI=1S/C20H30I2O4/c1-2-3-5-9-16(23)10-6-4-7-12-18(21)19(22)15-14-17(24)11-8-13-20(25)26/h4,6-7,12,14-17,23-24H,2-3,5,8-11,13H2,1H3,(H,25,26)/b6-4+,12-7+,15-14+,19-18-. The molecule has 0 heterocycles. The number of rotatable bonds is 14. The molecule has 0 aromatic carbocycles. The Labute approximate surface area is 184 Å². The summed E-state index contributed by atoms with van der Waals surface area (Å²) in [6.07, 6.45) is 16.4. The molecule has 4 nitrogen and oxygen atoms in total. The smallest absolute Gasteiger partial charge is 0.303 e. The minimum atomic E-state index is -0.836. The maximum Gasteiger partial charge on any atom is 0.303 e. The van der Waals surface area contributed by atoms with Crippen molar-refractivity contribution in [2.45, 2.75) is 70.5 Å². The lowest BCUT2D eigenvalue weighted by Crippen LogP contribution is -2.04. The Bertz CT molecular complexity index is 510. The monoisotopic (exact) mass is 588 g/mol. The molecular weight excluding hydrogens is 558 g/mol. The van der Waals surface area contributed by atoms with E-state index in [4.69, 9.17) is 5.11 Å². The fourth-order valence-electron chi connectivity index (χ4n) is 2.12. The Hall–Kier alpha value is -0.190. The molecule has 26 heavy (non-hydrogen) atoms. The zero-order valence-corrected chi connectivity index (χ0v) is 19.6. The van der Waals surface area contributed by atoms with Crippen LogP contribution in [0.15, 0.2) is 43.6 Å². The van der Waals surface area contributed by atoms with Crippen molar-refractivity contribution in [3.05, 3.63) is 43.6 Å². The SMILES string of the molecule is CCCCCC(O)C/C=C/C=C/C(I)=C(I)\C=C\C(O)CCCC(=O)O. The Morgan fingerprint density at radius 1 is 1.00 bits per heavy atom. The predicted octanol–water partition coefficient (Wildman–Crippen LogP) is 5.68. The zero-order valence-electron chi connectivity index (χ0n) is 15.3. The van der Waals surface area contributed by atoms with Gasteiger partial charge in [0.25, 0.3) is 0 Å². The Morgan fingerprint density at radius 2 is 1.69 bits per heavy atom. The summed E-state index contributed by atoms with van der Waals surface area (Å²) in [5.74, 6) is -0.836. The molecule has 0 amide bonds. The summed E-state index contributed by atoms with van der Waals surface area (Å²) in [7, 11) is 0. The highest BCUT2D eigenvalue weighted by atomic mass is 127. The maximum absolute atomic E-state index is 10.4. The van der Waals surface area contributed by atoms with E-state index >= 15 is 0 Å². The van der Waals surface area contributed by atoms with Crippen LogP contribution in [-0.4, -0.2) is 33.5 Å². The molecule has 0 rings (SSSR count). The first-order chi connectivity index (χ1) is 12.4. The number of aliphatic hydroxyl groups excluding tert-OH is 2. The average molecular weight is 588 g/mol. The van der Waals surface area contributed by atoms with E-state index in [1.54, 1.807) is 6.08 Å². The van der Waals surface area contributed by atoms with Gasteiger partial charge in [0.15, 0.2) is 0 Å². The second-order valence-electron chi connectivity index (χ2n) is 6.08. The van der Waals surface area contributed by atoms with Gasteiger partial charge in [0.05, 0.1) is 12.2 Å². The molecule has 0 fully saturated rings. The summed E-state index contributed by atoms with van der Waals surface area (Å²) < 4.78 is 2.05. The number of carbonyl (C=O) groups is 1. The lowest BCUT2D eigenvalue weighted by molar-refractivity contribution is -0.137. The van der Waals surface area contributed by atoms with Gasteiger partial charge in [-0.1, -0.05) is 50.5 Å². The third-order valence-corrected chi connectivity index (χ3v) is 6.54. The van der Waals surface area contributed by atoms with Crippen molar-refractivity contribution in [3.8, 4) is 0 Å². The van der Waals surface area contributed by atoms with Gasteiger partial charge in [-0.15, -0.1) is 0 Å². The second-order valence-corrected chi connectivity index (χ2v) is 8.41. The van der Waals surface area contributed by atoms with Gasteiger partial charge in [-0.2, -0.15) is 0 Å². The first kappa shape index (κ1) is 25.8. The van der Waals surface area contributed by atoms with Crippen LogP contribution in [0.5, 0.6) is 0 Å². The minimum absolute atomic E-state index is 0.0811. The van der Waals surface area contributed by atoms with Crippen LogP contribution in [-0.2, 0) is 4.79 Å². The number of halogens is 2. The van der Waals surface area contributed by atoms with Crippen molar-refractivity contribution < 1.29 is 20.1 Å². The van der Waals surface area contributed by atoms with E-state index in [0.29, 0.717) is 19.3 Å². The van der Waals surface area contributed by atoms with Crippen LogP contribution in [0.25, 0.3) is 0 Å². The van der Waals surface area contributed by atoms with Crippen LogP contribution >= 0.6 is 45.2 Å². The summed E-state index contributed by atoms with van der Waals surface area (Å²) in [5.41, 5.74) is 0. The van der Waals surface area contributed by atoms with Gasteiger partial charge >= 0.3 is 5.97 Å². The molecule has 0 spiro atoms. The second kappa shape index (κ2) is 16.9. The number of allylic oxidation sites excluding steroid dienone is 6. The molecule has 2 unspecified atom stereocenters. The molecule has 0 aromatic rings. The molecule has 3 N–H and O–H groups in total. The van der Waals surface area contributed by atoms with E-state index in [1.165, 1.54) is 12.8 Å². The number of hydrogen-bond acceptors (Lipinski definition) is 3. The quantitative estimate of drug-likeness (QED) is 0.139. The van der Waals surface area contributed by atoms with Crippen molar-refractivity contribution in [2.24, 2.45) is 0 Å². The van der Waals surface area contributed by atoms with E-state index in [9.17, 15) is 15.0 Å². The van der Waals surface area contributed by atoms with Gasteiger partial charge in [0, 0.05) is 13.6 Å². The van der Waals surface area contributed by atoms with E-state index in [-0.39, 0.29) is 12.5 Å². The van der Waals surface area contributed by atoms with Crippen LogP contribution in [0.4, 0.5) is 0 Å². The number of carboxylic acid groups (broad SMARTS) is 1. The molecule has 0 saturated carbocycles. The Kier molecular flexibility index (Phi) is 16.8. The molecule has 0 aliphatic carbocycles. The van der Waals surface area contributed by atoms with Gasteiger partial charge in [-0.3, -0.25) is 4.79 Å². The number of unbranched alkanes of at least 4 members (excludes halogenated alkanes) is 2. The average Bonchev–Trinajstić information content (AvgIpc) is 2.59. The molecular formula is C20H30I2O4. The molecule has 0 bridgehead atoms. The summed E-state index contributed by atoms with van der Waals surface area (Å²) >= 11 is 4.44. The first-order valence-electron chi connectivity index (χ1n) is 9.01. The highest BCUT2D eigenvalue weighted by molar-refractivity contribution is 14.1. The lowest BCUT2D eigenvalue weighted by atomic mass is 10.1. The van der Waals surface area contributed by atoms with Crippen molar-refractivity contribution in [1.82, 2.24) is 0 Å². The number of aliphatic hydroxyl groups is 2. The summed E-state index contributed by atoms with van der Waals surface area (Å²) in [4.78, 5) is 10.4. The molecule has 6 heteroatoms. The van der Waals surface area contributed by atoms with Crippen LogP contribution < -0.4 is 0 Å². The number of aliphatic carboxylic acids is 1. The fraction of sp³-hybridized carbons (Fsp3) is 0.550. The summed E-state index contributed by atoms with van der Waals surface area (Å²) in [6, 6.07) is 0. The zero-order chi connectivity index (χ0) is 19.8. The highest BCUT2D eigenvalue weighted by Gasteiger charge is 2.03. The Morgan fingerprint density at radius 3 is 2.35 bits per heavy atom. The van der Waals surface area contributed by atoms with Gasteiger partial charge in [-0.05, 0) is 83.0 Å². The van der Waals surface area contributed by atoms with E-state index in [1.807, 2.05) is 30.4 Å². The van der Waals surface area contributed by atoms with Gasteiger partial charge in [0.2, 0.25) is 0 Å². The summed E-state index contributed by atoms with van der Waals surface area (Å²) in [6.45, 7) is 2.16. The van der Waals surface area contributed by atoms with Crippen molar-refractivity contribution >= 4 is 51.2 Å².